The molecule has 3 aromatic rings. The van der Waals surface area contributed by atoms with Crippen LogP contribution in [0.4, 0.5) is 0 Å². The number of fused-ring (bicyclic) bond motifs is 1. The minimum atomic E-state index is -0.123. The van der Waals surface area contributed by atoms with Crippen LogP contribution in [0.25, 0.3) is 10.9 Å². The van der Waals surface area contributed by atoms with Crippen LogP contribution in [-0.2, 0) is 6.42 Å². The third-order valence-corrected chi connectivity index (χ3v) is 3.59. The van der Waals surface area contributed by atoms with E-state index in [4.69, 9.17) is 10.5 Å². The van der Waals surface area contributed by atoms with E-state index < -0.39 is 0 Å². The Morgan fingerprint density at radius 2 is 1.90 bits per heavy atom. The van der Waals surface area contributed by atoms with Crippen LogP contribution in [0.3, 0.4) is 0 Å². The first-order valence-corrected chi connectivity index (χ1v) is 7.00. The molecule has 1 aromatic heterocycles. The maximum absolute atomic E-state index is 6.31. The van der Waals surface area contributed by atoms with Crippen molar-refractivity contribution in [3.05, 3.63) is 71.9 Å². The van der Waals surface area contributed by atoms with E-state index in [1.807, 2.05) is 42.5 Å². The Hall–Kier alpha value is -2.39. The van der Waals surface area contributed by atoms with Crippen LogP contribution < -0.4 is 10.5 Å². The van der Waals surface area contributed by atoms with Gasteiger partial charge >= 0.3 is 0 Å². The lowest BCUT2D eigenvalue weighted by molar-refractivity contribution is 0.414. The summed E-state index contributed by atoms with van der Waals surface area (Å²) in [5, 5.41) is 1.13. The summed E-state index contributed by atoms with van der Waals surface area (Å²) >= 11 is 0. The first-order chi connectivity index (χ1) is 10.3. The van der Waals surface area contributed by atoms with Crippen LogP contribution in [0, 0.1) is 0 Å². The number of benzene rings is 2. The number of nitrogens with zero attached hydrogens (tertiary/aromatic N) is 1. The fourth-order valence-corrected chi connectivity index (χ4v) is 2.45. The zero-order valence-corrected chi connectivity index (χ0v) is 12.0. The van der Waals surface area contributed by atoms with Gasteiger partial charge in [-0.3, -0.25) is 4.98 Å². The number of nitrogens with two attached hydrogens (primary N) is 1. The molecule has 0 fully saturated rings. The number of hydrogen-bond donors (Lipinski definition) is 1. The van der Waals surface area contributed by atoms with Crippen molar-refractivity contribution in [1.82, 2.24) is 4.98 Å². The first kappa shape index (κ1) is 13.6. The topological polar surface area (TPSA) is 48.1 Å². The van der Waals surface area contributed by atoms with Crippen LogP contribution in [0.1, 0.15) is 17.3 Å². The largest absolute Gasteiger partial charge is 0.497 e. The number of aromatic nitrogens is 1. The number of ether oxygens (including phenoxy) is 1. The lowest BCUT2D eigenvalue weighted by Gasteiger charge is -2.12. The highest BCUT2D eigenvalue weighted by Crippen LogP contribution is 2.20. The van der Waals surface area contributed by atoms with Crippen molar-refractivity contribution in [3.63, 3.8) is 0 Å². The Labute approximate surface area is 124 Å². The molecule has 21 heavy (non-hydrogen) atoms. The van der Waals surface area contributed by atoms with E-state index in [-0.39, 0.29) is 6.04 Å². The molecule has 0 amide bonds. The maximum Gasteiger partial charge on any atom is 0.119 e. The van der Waals surface area contributed by atoms with Gasteiger partial charge in [0.2, 0.25) is 0 Å². The Morgan fingerprint density at radius 3 is 2.76 bits per heavy atom. The molecule has 0 radical (unpaired) electrons. The highest BCUT2D eigenvalue weighted by Gasteiger charge is 2.10. The summed E-state index contributed by atoms with van der Waals surface area (Å²) < 4.78 is 5.24. The van der Waals surface area contributed by atoms with Gasteiger partial charge in [0.1, 0.15) is 5.75 Å². The van der Waals surface area contributed by atoms with Gasteiger partial charge in [0.15, 0.2) is 0 Å². The molecule has 0 aliphatic rings. The summed E-state index contributed by atoms with van der Waals surface area (Å²) in [6.07, 6.45) is 0.739. The van der Waals surface area contributed by atoms with Gasteiger partial charge in [-0.15, -0.1) is 0 Å². The van der Waals surface area contributed by atoms with Gasteiger partial charge in [-0.25, -0.2) is 0 Å². The van der Waals surface area contributed by atoms with Crippen molar-refractivity contribution in [2.45, 2.75) is 12.5 Å². The van der Waals surface area contributed by atoms with Crippen LogP contribution in [-0.4, -0.2) is 12.1 Å². The second kappa shape index (κ2) is 5.94. The number of pyridine rings is 1. The molecular formula is C18H18N2O. The zero-order chi connectivity index (χ0) is 14.7. The van der Waals surface area contributed by atoms with Crippen molar-refractivity contribution in [2.24, 2.45) is 5.73 Å². The van der Waals surface area contributed by atoms with Crippen LogP contribution in [0.15, 0.2) is 60.7 Å². The summed E-state index contributed by atoms with van der Waals surface area (Å²) in [4.78, 5) is 4.66. The number of methoxy groups -OCH3 is 1. The Bertz CT molecular complexity index is 755. The van der Waals surface area contributed by atoms with E-state index in [2.05, 4.69) is 23.2 Å². The molecule has 1 atom stereocenters. The summed E-state index contributed by atoms with van der Waals surface area (Å²) in [5.74, 6) is 0.853. The standard InChI is InChI=1S/C18H18N2O/c1-21-15-7-4-5-13(11-15)12-16(19)18-10-9-14-6-2-3-8-17(14)20-18/h2-11,16H,12,19H2,1H3. The molecule has 0 aliphatic heterocycles. The normalized spacial score (nSPS) is 12.3. The highest BCUT2D eigenvalue weighted by atomic mass is 16.5. The molecule has 1 heterocycles. The fourth-order valence-electron chi connectivity index (χ4n) is 2.45. The fraction of sp³-hybridized carbons (Fsp3) is 0.167. The monoisotopic (exact) mass is 278 g/mol. The van der Waals surface area contributed by atoms with Crippen LogP contribution in [0.5, 0.6) is 5.75 Å². The van der Waals surface area contributed by atoms with Gasteiger partial charge in [-0.1, -0.05) is 36.4 Å². The van der Waals surface area contributed by atoms with Crippen molar-refractivity contribution in [1.29, 1.82) is 0 Å². The lowest BCUT2D eigenvalue weighted by Crippen LogP contribution is -2.15. The van der Waals surface area contributed by atoms with E-state index in [1.165, 1.54) is 0 Å². The van der Waals surface area contributed by atoms with Crippen molar-refractivity contribution in [3.8, 4) is 5.75 Å². The first-order valence-electron chi connectivity index (χ1n) is 7.00. The molecule has 0 aliphatic carbocycles. The molecule has 2 N–H and O–H groups in total. The van der Waals surface area contributed by atoms with Crippen molar-refractivity contribution < 1.29 is 4.74 Å². The quantitative estimate of drug-likeness (QED) is 0.794. The summed E-state index contributed by atoms with van der Waals surface area (Å²) in [6.45, 7) is 0. The summed E-state index contributed by atoms with van der Waals surface area (Å²) in [6, 6.07) is 20.0. The molecule has 3 rings (SSSR count). The van der Waals surface area contributed by atoms with E-state index in [1.54, 1.807) is 7.11 Å². The minimum absolute atomic E-state index is 0.123. The second-order valence-electron chi connectivity index (χ2n) is 5.09. The van der Waals surface area contributed by atoms with E-state index in [0.29, 0.717) is 0 Å². The average Bonchev–Trinajstić information content (AvgIpc) is 2.54. The molecular weight excluding hydrogens is 260 g/mol. The summed E-state index contributed by atoms with van der Waals surface area (Å²) in [5.41, 5.74) is 9.35. The van der Waals surface area contributed by atoms with Gasteiger partial charge in [-0.2, -0.15) is 0 Å². The highest BCUT2D eigenvalue weighted by molar-refractivity contribution is 5.78. The van der Waals surface area contributed by atoms with Crippen LogP contribution >= 0.6 is 0 Å². The molecule has 0 bridgehead atoms. The maximum atomic E-state index is 6.31. The van der Waals surface area contributed by atoms with E-state index in [0.717, 1.165) is 34.3 Å². The molecule has 3 nitrogen and oxygen atoms in total. The zero-order valence-electron chi connectivity index (χ0n) is 12.0. The lowest BCUT2D eigenvalue weighted by atomic mass is 10.0. The van der Waals surface area contributed by atoms with Gasteiger partial charge in [0.25, 0.3) is 0 Å². The van der Waals surface area contributed by atoms with Gasteiger partial charge < -0.3 is 10.5 Å². The van der Waals surface area contributed by atoms with Crippen molar-refractivity contribution in [2.75, 3.05) is 7.11 Å². The van der Waals surface area contributed by atoms with Gasteiger partial charge in [-0.05, 0) is 36.2 Å². The molecule has 106 valence electrons. The van der Waals surface area contributed by atoms with E-state index in [9.17, 15) is 0 Å². The Morgan fingerprint density at radius 1 is 1.05 bits per heavy atom. The van der Waals surface area contributed by atoms with E-state index >= 15 is 0 Å². The number of para-hydroxylation sites is 1. The molecule has 3 heteroatoms. The predicted octanol–water partition coefficient (Wildman–Crippen LogP) is 3.49. The van der Waals surface area contributed by atoms with Gasteiger partial charge in [0, 0.05) is 5.39 Å². The molecule has 0 saturated heterocycles. The Balaban J connectivity index is 1.84. The Kier molecular flexibility index (Phi) is 3.84. The molecule has 1 unspecified atom stereocenters. The van der Waals surface area contributed by atoms with Gasteiger partial charge in [0.05, 0.1) is 24.4 Å². The third kappa shape index (κ3) is 3.03. The number of hydrogen-bond acceptors (Lipinski definition) is 3. The van der Waals surface area contributed by atoms with Crippen molar-refractivity contribution >= 4 is 10.9 Å². The molecule has 2 aromatic carbocycles. The second-order valence-corrected chi connectivity index (χ2v) is 5.09. The predicted molar refractivity (Wildman–Crippen MR) is 85.4 cm³/mol. The molecule has 0 saturated carbocycles. The SMILES string of the molecule is COc1cccc(CC(N)c2ccc3ccccc3n2)c1. The average molecular weight is 278 g/mol. The summed E-state index contributed by atoms with van der Waals surface area (Å²) in [7, 11) is 1.67. The molecule has 0 spiro atoms. The third-order valence-electron chi connectivity index (χ3n) is 3.59. The van der Waals surface area contributed by atoms with Crippen LogP contribution in [0.2, 0.25) is 0 Å². The minimum Gasteiger partial charge on any atom is -0.497 e. The smallest absolute Gasteiger partial charge is 0.119 e. The number of rotatable bonds is 4.